The summed E-state index contributed by atoms with van der Waals surface area (Å²) in [6, 6.07) is 12.5. The first-order valence-electron chi connectivity index (χ1n) is 13.5. The maximum Gasteiger partial charge on any atom is 0.296 e. The van der Waals surface area contributed by atoms with Gasteiger partial charge in [0.1, 0.15) is 17.6 Å². The number of Topliss-reactive ketones (excluding diaryl/α,β-unsaturated/α-hetero) is 1. The van der Waals surface area contributed by atoms with Gasteiger partial charge in [0.2, 0.25) is 0 Å². The number of unbranched alkanes of at least 4 members (excludes halogenated alkanes) is 1. The van der Waals surface area contributed by atoms with Crippen LogP contribution in [0, 0.1) is 0 Å². The summed E-state index contributed by atoms with van der Waals surface area (Å²) < 4.78 is 11.6. The Balaban J connectivity index is 1.57. The van der Waals surface area contributed by atoms with Gasteiger partial charge in [-0.2, -0.15) is 0 Å². The molecule has 2 saturated heterocycles. The van der Waals surface area contributed by atoms with E-state index in [1.165, 1.54) is 4.90 Å². The number of carbonyl (C=O) groups excluding carboxylic acids is 3. The number of hydrogen-bond donors (Lipinski definition) is 1. The number of fused-ring (bicyclic) bond motifs is 3. The van der Waals surface area contributed by atoms with E-state index < -0.39 is 17.2 Å². The maximum absolute atomic E-state index is 14.5. The van der Waals surface area contributed by atoms with E-state index in [1.807, 2.05) is 26.0 Å². The number of aliphatic hydroxyl groups is 1. The third-order valence-corrected chi connectivity index (χ3v) is 8.12. The quantitative estimate of drug-likeness (QED) is 0.355. The molecule has 0 saturated carbocycles. The summed E-state index contributed by atoms with van der Waals surface area (Å²) in [5.74, 6) is -1.65. The second-order valence-corrected chi connectivity index (χ2v) is 10.6. The number of hydrogen-bond acceptors (Lipinski definition) is 6. The molecule has 0 aliphatic carbocycles. The van der Waals surface area contributed by atoms with E-state index in [9.17, 15) is 19.5 Å². The van der Waals surface area contributed by atoms with Gasteiger partial charge in [0.25, 0.3) is 17.6 Å². The van der Waals surface area contributed by atoms with Crippen LogP contribution in [-0.4, -0.2) is 59.5 Å². The van der Waals surface area contributed by atoms with Crippen LogP contribution in [0.2, 0.25) is 0 Å². The van der Waals surface area contributed by atoms with Crippen LogP contribution in [0.25, 0.3) is 5.76 Å². The Labute approximate surface area is 221 Å². The van der Waals surface area contributed by atoms with Crippen LogP contribution in [0.3, 0.4) is 0 Å². The van der Waals surface area contributed by atoms with Crippen LogP contribution in [0.5, 0.6) is 5.75 Å². The van der Waals surface area contributed by atoms with Gasteiger partial charge in [0.15, 0.2) is 5.54 Å². The van der Waals surface area contributed by atoms with Crippen molar-refractivity contribution < 1.29 is 29.0 Å². The smallest absolute Gasteiger partial charge is 0.296 e. The van der Waals surface area contributed by atoms with Crippen LogP contribution in [-0.2, 0) is 31.1 Å². The molecule has 1 N–H and O–H groups in total. The lowest BCUT2D eigenvalue weighted by atomic mass is 9.81. The highest BCUT2D eigenvalue weighted by molar-refractivity contribution is 6.50. The Morgan fingerprint density at radius 2 is 1.97 bits per heavy atom. The van der Waals surface area contributed by atoms with E-state index in [0.717, 1.165) is 37.0 Å². The Morgan fingerprint density at radius 1 is 1.16 bits per heavy atom. The van der Waals surface area contributed by atoms with E-state index in [0.29, 0.717) is 36.4 Å². The number of amides is 2. The molecule has 8 nitrogen and oxygen atoms in total. The molecule has 4 heterocycles. The summed E-state index contributed by atoms with van der Waals surface area (Å²) in [6.45, 7) is 5.13. The van der Waals surface area contributed by atoms with Crippen LogP contribution in [0.1, 0.15) is 56.2 Å². The van der Waals surface area contributed by atoms with Gasteiger partial charge in [0, 0.05) is 37.2 Å². The minimum Gasteiger partial charge on any atom is -0.507 e. The Hall–Kier alpha value is -3.65. The summed E-state index contributed by atoms with van der Waals surface area (Å²) in [5, 5.41) is 11.8. The lowest BCUT2D eigenvalue weighted by Crippen LogP contribution is -2.54. The number of ether oxygens (including phenoxy) is 2. The highest BCUT2D eigenvalue weighted by Crippen LogP contribution is 2.54. The number of rotatable bonds is 6. The first-order chi connectivity index (χ1) is 18.4. The zero-order chi connectivity index (χ0) is 26.6. The topological polar surface area (TPSA) is 96.4 Å². The van der Waals surface area contributed by atoms with Crippen molar-refractivity contribution in [2.45, 2.75) is 63.7 Å². The van der Waals surface area contributed by atoms with Crippen molar-refractivity contribution in [3.05, 3.63) is 64.7 Å². The molecule has 2 aromatic carbocycles. The molecule has 6 rings (SSSR count). The number of likely N-dealkylation sites (tertiary alicyclic amines) is 1. The average molecular weight is 517 g/mol. The minimum atomic E-state index is -1.75. The van der Waals surface area contributed by atoms with Gasteiger partial charge in [-0.1, -0.05) is 31.5 Å². The standard InChI is InChI=1S/C30H32N2O6/c1-3-4-13-31-23-10-6-5-9-22(23)30(29(31)36)25(27(34)28(35)32(30)17-21-8-7-14-37-21)26(33)19-11-12-24-20(16-19)15-18(2)38-24/h5-6,9-12,16,18,21,33H,3-4,7-8,13-15,17H2,1-2H3/t18-,21+,30+/m1/s1. The molecule has 198 valence electrons. The van der Waals surface area contributed by atoms with Crippen molar-refractivity contribution >= 4 is 29.0 Å². The van der Waals surface area contributed by atoms with E-state index in [-0.39, 0.29) is 36.0 Å². The fourth-order valence-corrected chi connectivity index (χ4v) is 6.36. The Kier molecular flexibility index (Phi) is 6.02. The molecule has 2 amide bonds. The molecule has 1 spiro atoms. The summed E-state index contributed by atoms with van der Waals surface area (Å²) in [6.07, 6.45) is 3.61. The second kappa shape index (κ2) is 9.27. The lowest BCUT2D eigenvalue weighted by Gasteiger charge is -2.35. The largest absolute Gasteiger partial charge is 0.507 e. The molecule has 0 bridgehead atoms. The van der Waals surface area contributed by atoms with Crippen molar-refractivity contribution in [2.75, 3.05) is 24.6 Å². The van der Waals surface area contributed by atoms with Crippen LogP contribution >= 0.6 is 0 Å². The van der Waals surface area contributed by atoms with Gasteiger partial charge in [-0.25, -0.2) is 0 Å². The maximum atomic E-state index is 14.5. The number of ketones is 1. The molecule has 38 heavy (non-hydrogen) atoms. The molecule has 3 atom stereocenters. The number of aliphatic hydroxyl groups excluding tert-OH is 1. The van der Waals surface area contributed by atoms with Crippen molar-refractivity contribution in [3.63, 3.8) is 0 Å². The van der Waals surface area contributed by atoms with Crippen LogP contribution in [0.4, 0.5) is 5.69 Å². The molecule has 2 aromatic rings. The van der Waals surface area contributed by atoms with Crippen molar-refractivity contribution in [1.82, 2.24) is 4.90 Å². The molecular weight excluding hydrogens is 484 g/mol. The van der Waals surface area contributed by atoms with E-state index in [2.05, 4.69) is 0 Å². The van der Waals surface area contributed by atoms with Gasteiger partial charge in [-0.15, -0.1) is 0 Å². The van der Waals surface area contributed by atoms with Gasteiger partial charge in [0.05, 0.1) is 17.4 Å². The third kappa shape index (κ3) is 3.50. The number of nitrogens with zero attached hydrogens (tertiary/aromatic N) is 2. The highest BCUT2D eigenvalue weighted by Gasteiger charge is 2.67. The first-order valence-corrected chi connectivity index (χ1v) is 13.5. The molecule has 0 aromatic heterocycles. The molecule has 8 heteroatoms. The minimum absolute atomic E-state index is 0.00777. The molecule has 0 radical (unpaired) electrons. The summed E-state index contributed by atoms with van der Waals surface area (Å²) in [4.78, 5) is 45.0. The van der Waals surface area contributed by atoms with E-state index in [1.54, 1.807) is 35.2 Å². The molecule has 2 fully saturated rings. The average Bonchev–Trinajstić information content (AvgIpc) is 3.66. The number of para-hydroxylation sites is 1. The monoisotopic (exact) mass is 516 g/mol. The van der Waals surface area contributed by atoms with Crippen molar-refractivity contribution in [3.8, 4) is 5.75 Å². The zero-order valence-electron chi connectivity index (χ0n) is 21.7. The van der Waals surface area contributed by atoms with Crippen molar-refractivity contribution in [1.29, 1.82) is 0 Å². The Morgan fingerprint density at radius 3 is 2.74 bits per heavy atom. The molecule has 0 unspecified atom stereocenters. The summed E-state index contributed by atoms with van der Waals surface area (Å²) in [5.41, 5.74) is 0.561. The fourth-order valence-electron chi connectivity index (χ4n) is 6.36. The van der Waals surface area contributed by atoms with Gasteiger partial charge in [-0.05, 0) is 56.0 Å². The van der Waals surface area contributed by atoms with Crippen LogP contribution < -0.4 is 9.64 Å². The van der Waals surface area contributed by atoms with Gasteiger partial charge >= 0.3 is 0 Å². The molecular formula is C30H32N2O6. The number of carbonyl (C=O) groups is 3. The van der Waals surface area contributed by atoms with Gasteiger partial charge in [-0.3, -0.25) is 14.4 Å². The SMILES string of the molecule is CCCCN1C(=O)[C@@]2(C(=C(O)c3ccc4c(c3)C[C@@H](C)O4)C(=O)C(=O)N2C[C@@H]2CCCO2)c2ccccc21. The van der Waals surface area contributed by atoms with Crippen molar-refractivity contribution in [2.24, 2.45) is 0 Å². The fraction of sp³-hybridized carbons (Fsp3) is 0.433. The van der Waals surface area contributed by atoms with Crippen LogP contribution in [0.15, 0.2) is 48.0 Å². The number of anilines is 1. The summed E-state index contributed by atoms with van der Waals surface area (Å²) >= 11 is 0. The normalized spacial score (nSPS) is 27.4. The molecule has 4 aliphatic heterocycles. The summed E-state index contributed by atoms with van der Waals surface area (Å²) in [7, 11) is 0. The first kappa shape index (κ1) is 24.7. The highest BCUT2D eigenvalue weighted by atomic mass is 16.5. The van der Waals surface area contributed by atoms with E-state index >= 15 is 0 Å². The zero-order valence-corrected chi connectivity index (χ0v) is 21.7. The second-order valence-electron chi connectivity index (χ2n) is 10.6. The van der Waals surface area contributed by atoms with Gasteiger partial charge < -0.3 is 24.4 Å². The third-order valence-electron chi connectivity index (χ3n) is 8.12. The van der Waals surface area contributed by atoms with E-state index in [4.69, 9.17) is 9.47 Å². The Bertz CT molecular complexity index is 1360. The number of benzene rings is 2. The predicted octanol–water partition coefficient (Wildman–Crippen LogP) is 3.91. The molecule has 4 aliphatic rings. The predicted molar refractivity (Wildman–Crippen MR) is 141 cm³/mol. The lowest BCUT2D eigenvalue weighted by molar-refractivity contribution is -0.145.